The smallest absolute Gasteiger partial charge is 0.416 e. The van der Waals surface area contributed by atoms with Crippen molar-refractivity contribution in [1.29, 1.82) is 0 Å². The fourth-order valence-corrected chi connectivity index (χ4v) is 3.40. The number of rotatable bonds is 3. The zero-order chi connectivity index (χ0) is 21.5. The highest BCUT2D eigenvalue weighted by atomic mass is 19.4. The molecule has 0 N–H and O–H groups in total. The molecule has 0 amide bonds. The van der Waals surface area contributed by atoms with E-state index in [0.29, 0.717) is 5.56 Å². The van der Waals surface area contributed by atoms with Crippen LogP contribution in [0.2, 0.25) is 0 Å². The molecule has 0 unspecified atom stereocenters. The molecule has 2 atom stereocenters. The fourth-order valence-electron chi connectivity index (χ4n) is 3.40. The highest BCUT2D eigenvalue weighted by molar-refractivity contribution is 5.96. The predicted octanol–water partition coefficient (Wildman–Crippen LogP) is 6.56. The van der Waals surface area contributed by atoms with Crippen molar-refractivity contribution in [1.82, 2.24) is 0 Å². The summed E-state index contributed by atoms with van der Waals surface area (Å²) in [6.45, 7) is 1.75. The van der Waals surface area contributed by atoms with Gasteiger partial charge in [-0.2, -0.15) is 13.2 Å². The Hall–Kier alpha value is -3.22. The average molecular weight is 417 g/mol. The molecule has 0 radical (unpaired) electrons. The molecule has 30 heavy (non-hydrogen) atoms. The summed E-state index contributed by atoms with van der Waals surface area (Å²) in [5, 5.41) is 0. The summed E-state index contributed by atoms with van der Waals surface area (Å²) in [5.74, 6) is -1.59. The minimum Gasteiger partial charge on any atom is -0.472 e. The normalized spacial score (nSPS) is 18.8. The molecular weight excluding hydrogens is 401 g/mol. The lowest BCUT2D eigenvalue weighted by Gasteiger charge is -2.14. The van der Waals surface area contributed by atoms with Gasteiger partial charge in [-0.05, 0) is 47.9 Å². The summed E-state index contributed by atoms with van der Waals surface area (Å²) in [5.41, 5.74) is 1.14. The number of ether oxygens (including phenoxy) is 1. The molecule has 0 bridgehead atoms. The van der Waals surface area contributed by atoms with Crippen LogP contribution in [0.4, 0.5) is 22.0 Å². The Bertz CT molecular complexity index is 1070. The number of hydrogen-bond donors (Lipinski definition) is 0. The molecular formula is C23H16F5NO. The summed E-state index contributed by atoms with van der Waals surface area (Å²) in [4.78, 5) is 4.36. The number of benzene rings is 3. The lowest BCUT2D eigenvalue weighted by Crippen LogP contribution is -2.14. The minimum absolute atomic E-state index is 0.0880. The SMILES string of the molecule is C[C@H]1OC(c2c(F)cccc2F)=N[C@H]1c1ccc(-c2ccc(C(F)(F)F)cc2)cc1. The summed E-state index contributed by atoms with van der Waals surface area (Å²) >= 11 is 0. The molecule has 1 heterocycles. The first-order valence-corrected chi connectivity index (χ1v) is 9.20. The van der Waals surface area contributed by atoms with Gasteiger partial charge in [-0.15, -0.1) is 0 Å². The highest BCUT2D eigenvalue weighted by Gasteiger charge is 2.32. The Labute approximate surface area is 169 Å². The third kappa shape index (κ3) is 3.79. The first-order valence-electron chi connectivity index (χ1n) is 9.20. The number of aliphatic imine (C=N–C) groups is 1. The highest BCUT2D eigenvalue weighted by Crippen LogP contribution is 2.34. The molecule has 1 aliphatic rings. The van der Waals surface area contributed by atoms with Gasteiger partial charge in [0.1, 0.15) is 29.3 Å². The molecule has 1 aliphatic heterocycles. The van der Waals surface area contributed by atoms with Crippen molar-refractivity contribution in [2.45, 2.75) is 25.2 Å². The number of hydrogen-bond acceptors (Lipinski definition) is 2. The van der Waals surface area contributed by atoms with Crippen LogP contribution in [0.15, 0.2) is 71.7 Å². The quantitative estimate of drug-likeness (QED) is 0.443. The second kappa shape index (κ2) is 7.55. The van der Waals surface area contributed by atoms with Gasteiger partial charge in [0.25, 0.3) is 0 Å². The summed E-state index contributed by atoms with van der Waals surface area (Å²) < 4.78 is 71.8. The van der Waals surface area contributed by atoms with Crippen molar-refractivity contribution in [3.63, 3.8) is 0 Å². The molecule has 0 saturated heterocycles. The van der Waals surface area contributed by atoms with E-state index in [9.17, 15) is 22.0 Å². The van der Waals surface area contributed by atoms with Crippen molar-refractivity contribution in [2.24, 2.45) is 4.99 Å². The molecule has 154 valence electrons. The zero-order valence-electron chi connectivity index (χ0n) is 15.8. The monoisotopic (exact) mass is 417 g/mol. The molecule has 3 aromatic carbocycles. The molecule has 4 rings (SSSR count). The van der Waals surface area contributed by atoms with Crippen LogP contribution >= 0.6 is 0 Å². The Balaban J connectivity index is 1.59. The number of halogens is 5. The third-order valence-electron chi connectivity index (χ3n) is 4.97. The van der Waals surface area contributed by atoms with Crippen molar-refractivity contribution in [3.05, 3.63) is 95.1 Å². The summed E-state index contributed by atoms with van der Waals surface area (Å²) in [7, 11) is 0. The van der Waals surface area contributed by atoms with E-state index in [1.165, 1.54) is 18.2 Å². The summed E-state index contributed by atoms with van der Waals surface area (Å²) in [6.07, 6.45) is -4.81. The van der Waals surface area contributed by atoms with E-state index >= 15 is 0 Å². The van der Waals surface area contributed by atoms with Crippen molar-refractivity contribution < 1.29 is 26.7 Å². The molecule has 0 aromatic heterocycles. The first kappa shape index (κ1) is 20.1. The van der Waals surface area contributed by atoms with E-state index in [1.54, 1.807) is 31.2 Å². The maximum Gasteiger partial charge on any atom is 0.416 e. The lowest BCUT2D eigenvalue weighted by molar-refractivity contribution is -0.137. The number of nitrogens with zero attached hydrogens (tertiary/aromatic N) is 1. The molecule has 0 aliphatic carbocycles. The van der Waals surface area contributed by atoms with E-state index in [1.807, 2.05) is 0 Å². The van der Waals surface area contributed by atoms with Gasteiger partial charge in [-0.1, -0.05) is 42.5 Å². The van der Waals surface area contributed by atoms with Gasteiger partial charge in [0, 0.05) is 0 Å². The van der Waals surface area contributed by atoms with Crippen LogP contribution in [0.3, 0.4) is 0 Å². The van der Waals surface area contributed by atoms with E-state index in [-0.39, 0.29) is 11.5 Å². The van der Waals surface area contributed by atoms with E-state index < -0.39 is 35.5 Å². The third-order valence-corrected chi connectivity index (χ3v) is 4.97. The molecule has 7 heteroatoms. The second-order valence-electron chi connectivity index (χ2n) is 7.00. The van der Waals surface area contributed by atoms with Gasteiger partial charge >= 0.3 is 6.18 Å². The fraction of sp³-hybridized carbons (Fsp3) is 0.174. The van der Waals surface area contributed by atoms with Crippen LogP contribution in [0, 0.1) is 11.6 Å². The van der Waals surface area contributed by atoms with Gasteiger partial charge in [0.2, 0.25) is 5.90 Å². The van der Waals surface area contributed by atoms with Crippen LogP contribution in [0.5, 0.6) is 0 Å². The Morgan fingerprint density at radius 1 is 0.800 bits per heavy atom. The Kier molecular flexibility index (Phi) is 5.05. The first-order chi connectivity index (χ1) is 14.2. The van der Waals surface area contributed by atoms with Crippen molar-refractivity contribution >= 4 is 5.90 Å². The van der Waals surface area contributed by atoms with Gasteiger partial charge in [-0.25, -0.2) is 13.8 Å². The lowest BCUT2D eigenvalue weighted by atomic mass is 9.98. The molecule has 0 spiro atoms. The largest absolute Gasteiger partial charge is 0.472 e. The maximum absolute atomic E-state index is 14.0. The van der Waals surface area contributed by atoms with E-state index in [0.717, 1.165) is 35.4 Å². The Morgan fingerprint density at radius 2 is 1.33 bits per heavy atom. The molecule has 0 fully saturated rings. The molecule has 3 aromatic rings. The average Bonchev–Trinajstić information content (AvgIpc) is 3.08. The standard InChI is InChI=1S/C23H16F5NO/c1-13-21(29-22(30-13)20-18(24)3-2-4-19(20)25)16-7-5-14(6-8-16)15-9-11-17(12-10-15)23(26,27)28/h2-13,21H,1H3/t13-,21-/m1/s1. The van der Waals surface area contributed by atoms with Crippen molar-refractivity contribution in [2.75, 3.05) is 0 Å². The van der Waals surface area contributed by atoms with E-state index in [4.69, 9.17) is 4.74 Å². The van der Waals surface area contributed by atoms with Crippen molar-refractivity contribution in [3.8, 4) is 11.1 Å². The van der Waals surface area contributed by atoms with Crippen LogP contribution in [0.25, 0.3) is 11.1 Å². The van der Waals surface area contributed by atoms with Gasteiger partial charge in [0.15, 0.2) is 0 Å². The molecule has 2 nitrogen and oxygen atoms in total. The maximum atomic E-state index is 14.0. The second-order valence-corrected chi connectivity index (χ2v) is 7.00. The van der Waals surface area contributed by atoms with Gasteiger partial charge < -0.3 is 4.74 Å². The van der Waals surface area contributed by atoms with Crippen LogP contribution in [0.1, 0.15) is 29.7 Å². The zero-order valence-corrected chi connectivity index (χ0v) is 15.8. The molecule has 0 saturated carbocycles. The predicted molar refractivity (Wildman–Crippen MR) is 103 cm³/mol. The topological polar surface area (TPSA) is 21.6 Å². The van der Waals surface area contributed by atoms with E-state index in [2.05, 4.69) is 4.99 Å². The summed E-state index contributed by atoms with van der Waals surface area (Å²) in [6, 6.07) is 15.1. The van der Waals surface area contributed by atoms with Crippen LogP contribution < -0.4 is 0 Å². The van der Waals surface area contributed by atoms with Crippen LogP contribution in [-0.2, 0) is 10.9 Å². The number of alkyl halides is 3. The van der Waals surface area contributed by atoms with Crippen LogP contribution in [-0.4, -0.2) is 12.0 Å². The minimum atomic E-state index is -4.38. The van der Waals surface area contributed by atoms with Gasteiger partial charge in [0.05, 0.1) is 5.56 Å². The Morgan fingerprint density at radius 3 is 1.87 bits per heavy atom. The van der Waals surface area contributed by atoms with Gasteiger partial charge in [-0.3, -0.25) is 0 Å².